The molecule has 2 N–H and O–H groups in total. The molecule has 3 nitrogen and oxygen atoms in total. The molecule has 0 saturated heterocycles. The monoisotopic (exact) mass is 288 g/mol. The standard InChI is InChI=1S/C16H17ClN2O/c1-12(13-5-3-2-4-6-13)19-16(20)11-18-15-9-7-14(17)8-10-15/h2-10,12,18H,11H2,1H3,(H,19,20). The zero-order chi connectivity index (χ0) is 14.4. The highest BCUT2D eigenvalue weighted by atomic mass is 35.5. The Morgan fingerprint density at radius 3 is 2.40 bits per heavy atom. The molecule has 1 unspecified atom stereocenters. The molecule has 0 spiro atoms. The Balaban J connectivity index is 1.82. The van der Waals surface area contributed by atoms with E-state index >= 15 is 0 Å². The molecule has 0 aliphatic carbocycles. The topological polar surface area (TPSA) is 41.1 Å². The molecule has 0 radical (unpaired) electrons. The Morgan fingerprint density at radius 1 is 1.10 bits per heavy atom. The van der Waals surface area contributed by atoms with Crippen molar-refractivity contribution in [3.05, 3.63) is 65.2 Å². The van der Waals surface area contributed by atoms with Crippen LogP contribution >= 0.6 is 11.6 Å². The highest BCUT2D eigenvalue weighted by Crippen LogP contribution is 2.13. The minimum atomic E-state index is -0.0451. The molecule has 0 saturated carbocycles. The summed E-state index contributed by atoms with van der Waals surface area (Å²) in [4.78, 5) is 11.9. The fourth-order valence-corrected chi connectivity index (χ4v) is 1.99. The van der Waals surface area contributed by atoms with Crippen LogP contribution in [0.1, 0.15) is 18.5 Å². The van der Waals surface area contributed by atoms with Crippen LogP contribution in [0, 0.1) is 0 Å². The van der Waals surface area contributed by atoms with Crippen LogP contribution in [0.25, 0.3) is 0 Å². The first-order valence-electron chi connectivity index (χ1n) is 6.49. The van der Waals surface area contributed by atoms with Crippen LogP contribution < -0.4 is 10.6 Å². The highest BCUT2D eigenvalue weighted by Gasteiger charge is 2.08. The van der Waals surface area contributed by atoms with Gasteiger partial charge in [-0.3, -0.25) is 4.79 Å². The molecule has 0 heterocycles. The van der Waals surface area contributed by atoms with E-state index in [-0.39, 0.29) is 18.5 Å². The number of halogens is 1. The summed E-state index contributed by atoms with van der Waals surface area (Å²) in [6, 6.07) is 17.1. The van der Waals surface area contributed by atoms with Crippen molar-refractivity contribution in [2.75, 3.05) is 11.9 Å². The highest BCUT2D eigenvalue weighted by molar-refractivity contribution is 6.30. The lowest BCUT2D eigenvalue weighted by Crippen LogP contribution is -2.32. The average molecular weight is 289 g/mol. The summed E-state index contributed by atoms with van der Waals surface area (Å²) in [5, 5.41) is 6.69. The lowest BCUT2D eigenvalue weighted by molar-refractivity contribution is -0.120. The fourth-order valence-electron chi connectivity index (χ4n) is 1.87. The molecule has 0 fully saturated rings. The van der Waals surface area contributed by atoms with Gasteiger partial charge in [0.05, 0.1) is 12.6 Å². The van der Waals surface area contributed by atoms with Gasteiger partial charge >= 0.3 is 0 Å². The first-order chi connectivity index (χ1) is 9.65. The number of rotatable bonds is 5. The fraction of sp³-hybridized carbons (Fsp3) is 0.188. The van der Waals surface area contributed by atoms with Gasteiger partial charge in [-0.2, -0.15) is 0 Å². The minimum Gasteiger partial charge on any atom is -0.376 e. The maximum atomic E-state index is 11.9. The smallest absolute Gasteiger partial charge is 0.239 e. The molecular weight excluding hydrogens is 272 g/mol. The molecule has 104 valence electrons. The normalized spacial score (nSPS) is 11.7. The number of benzene rings is 2. The molecule has 0 bridgehead atoms. The van der Waals surface area contributed by atoms with Gasteiger partial charge in [-0.15, -0.1) is 0 Å². The summed E-state index contributed by atoms with van der Waals surface area (Å²) >= 11 is 5.80. The van der Waals surface area contributed by atoms with E-state index in [2.05, 4.69) is 10.6 Å². The maximum Gasteiger partial charge on any atom is 0.239 e. The van der Waals surface area contributed by atoms with Gasteiger partial charge < -0.3 is 10.6 Å². The summed E-state index contributed by atoms with van der Waals surface area (Å²) in [7, 11) is 0. The van der Waals surface area contributed by atoms with Crippen LogP contribution in [0.4, 0.5) is 5.69 Å². The number of hydrogen-bond acceptors (Lipinski definition) is 2. The second-order valence-electron chi connectivity index (χ2n) is 4.56. The quantitative estimate of drug-likeness (QED) is 0.882. The van der Waals surface area contributed by atoms with E-state index in [0.29, 0.717) is 5.02 Å². The van der Waals surface area contributed by atoms with E-state index in [0.717, 1.165) is 11.3 Å². The Kier molecular flexibility index (Phi) is 5.02. The van der Waals surface area contributed by atoms with Crippen LogP contribution in [0.5, 0.6) is 0 Å². The number of nitrogens with one attached hydrogen (secondary N) is 2. The van der Waals surface area contributed by atoms with E-state index in [4.69, 9.17) is 11.6 Å². The van der Waals surface area contributed by atoms with Crippen molar-refractivity contribution in [1.82, 2.24) is 5.32 Å². The van der Waals surface area contributed by atoms with E-state index in [1.807, 2.05) is 49.4 Å². The molecule has 1 amide bonds. The summed E-state index contributed by atoms with van der Waals surface area (Å²) < 4.78 is 0. The zero-order valence-corrected chi connectivity index (χ0v) is 12.0. The molecule has 0 aliphatic rings. The van der Waals surface area contributed by atoms with Crippen molar-refractivity contribution in [2.24, 2.45) is 0 Å². The lowest BCUT2D eigenvalue weighted by Gasteiger charge is -2.15. The number of hydrogen-bond donors (Lipinski definition) is 2. The maximum absolute atomic E-state index is 11.9. The second kappa shape index (κ2) is 6.96. The van der Waals surface area contributed by atoms with Crippen molar-refractivity contribution in [3.8, 4) is 0 Å². The van der Waals surface area contributed by atoms with Crippen LogP contribution in [0.2, 0.25) is 5.02 Å². The van der Waals surface area contributed by atoms with E-state index in [9.17, 15) is 4.79 Å². The van der Waals surface area contributed by atoms with E-state index in [1.54, 1.807) is 12.1 Å². The molecule has 2 rings (SSSR count). The van der Waals surface area contributed by atoms with Gasteiger partial charge in [-0.1, -0.05) is 41.9 Å². The molecule has 1 atom stereocenters. The third kappa shape index (κ3) is 4.28. The summed E-state index contributed by atoms with van der Waals surface area (Å²) in [5.41, 5.74) is 1.96. The average Bonchev–Trinajstić information content (AvgIpc) is 2.47. The van der Waals surface area contributed by atoms with Crippen molar-refractivity contribution in [2.45, 2.75) is 13.0 Å². The van der Waals surface area contributed by atoms with Gasteiger partial charge in [0.15, 0.2) is 0 Å². The SMILES string of the molecule is CC(NC(=O)CNc1ccc(Cl)cc1)c1ccccc1. The molecule has 2 aromatic rings. The molecule has 20 heavy (non-hydrogen) atoms. The van der Waals surface area contributed by atoms with Gasteiger partial charge in [0.25, 0.3) is 0 Å². The third-order valence-electron chi connectivity index (χ3n) is 2.97. The molecule has 0 aliphatic heterocycles. The minimum absolute atomic E-state index is 0.00396. The largest absolute Gasteiger partial charge is 0.376 e. The Bertz CT molecular complexity index is 554. The number of carbonyl (C=O) groups excluding carboxylic acids is 1. The van der Waals surface area contributed by atoms with Crippen LogP contribution in [0.15, 0.2) is 54.6 Å². The van der Waals surface area contributed by atoms with Crippen molar-refractivity contribution >= 4 is 23.2 Å². The van der Waals surface area contributed by atoms with Gasteiger partial charge in [0.1, 0.15) is 0 Å². The summed E-state index contributed by atoms with van der Waals surface area (Å²) in [5.74, 6) is -0.0451. The predicted molar refractivity (Wildman–Crippen MR) is 82.9 cm³/mol. The molecule has 4 heteroatoms. The molecule has 0 aromatic heterocycles. The van der Waals surface area contributed by atoms with Crippen LogP contribution in [0.3, 0.4) is 0 Å². The number of anilines is 1. The molecule has 2 aromatic carbocycles. The number of carbonyl (C=O) groups is 1. The van der Waals surface area contributed by atoms with Crippen LogP contribution in [-0.4, -0.2) is 12.5 Å². The van der Waals surface area contributed by atoms with Crippen molar-refractivity contribution in [1.29, 1.82) is 0 Å². The Hall–Kier alpha value is -2.00. The Morgan fingerprint density at radius 2 is 1.75 bits per heavy atom. The third-order valence-corrected chi connectivity index (χ3v) is 3.23. The van der Waals surface area contributed by atoms with Gasteiger partial charge in [-0.05, 0) is 36.8 Å². The summed E-state index contributed by atoms with van der Waals surface area (Å²) in [6.07, 6.45) is 0. The van der Waals surface area contributed by atoms with Gasteiger partial charge in [-0.25, -0.2) is 0 Å². The van der Waals surface area contributed by atoms with Gasteiger partial charge in [0.2, 0.25) is 5.91 Å². The Labute approximate surface area is 124 Å². The lowest BCUT2D eigenvalue weighted by atomic mass is 10.1. The second-order valence-corrected chi connectivity index (χ2v) is 5.00. The number of amides is 1. The van der Waals surface area contributed by atoms with Crippen molar-refractivity contribution in [3.63, 3.8) is 0 Å². The van der Waals surface area contributed by atoms with Crippen molar-refractivity contribution < 1.29 is 4.79 Å². The first kappa shape index (κ1) is 14.4. The summed E-state index contributed by atoms with van der Waals surface area (Å²) in [6.45, 7) is 2.20. The van der Waals surface area contributed by atoms with E-state index in [1.165, 1.54) is 0 Å². The first-order valence-corrected chi connectivity index (χ1v) is 6.86. The molecular formula is C16H17ClN2O. The van der Waals surface area contributed by atoms with Gasteiger partial charge in [0, 0.05) is 10.7 Å². The van der Waals surface area contributed by atoms with Crippen LogP contribution in [-0.2, 0) is 4.79 Å². The van der Waals surface area contributed by atoms with E-state index < -0.39 is 0 Å². The predicted octanol–water partition coefficient (Wildman–Crippen LogP) is 3.63. The zero-order valence-electron chi connectivity index (χ0n) is 11.3.